The molecular weight excluding hydrogens is 404 g/mol. The van der Waals surface area contributed by atoms with Gasteiger partial charge in [-0.2, -0.15) is 0 Å². The van der Waals surface area contributed by atoms with Crippen LogP contribution in [0.1, 0.15) is 57.3 Å². The van der Waals surface area contributed by atoms with Crippen LogP contribution in [0.5, 0.6) is 0 Å². The first kappa shape index (κ1) is 23.7. The molecule has 31 heavy (non-hydrogen) atoms. The summed E-state index contributed by atoms with van der Waals surface area (Å²) in [4.78, 5) is 2.69. The zero-order valence-electron chi connectivity index (χ0n) is 18.8. The third-order valence-corrected chi connectivity index (χ3v) is 7.17. The number of thiophene rings is 1. The highest BCUT2D eigenvalue weighted by atomic mass is 32.1. The number of aryl methyl sites for hydroxylation is 5. The van der Waals surface area contributed by atoms with Crippen LogP contribution in [-0.2, 0) is 32.5 Å². The maximum Gasteiger partial charge on any atom is 0.0685 e. The minimum atomic E-state index is -0.213. The second kappa shape index (κ2) is 11.1. The molecule has 1 heterocycles. The molecule has 1 unspecified atom stereocenters. The maximum absolute atomic E-state index is 9.83. The van der Waals surface area contributed by atoms with Crippen molar-refractivity contribution in [1.29, 1.82) is 0 Å². The molecule has 1 atom stereocenters. The fourth-order valence-electron chi connectivity index (χ4n) is 4.06. The molecule has 0 spiro atoms. The molecule has 4 heteroatoms. The Labute approximate surface area is 190 Å². The van der Waals surface area contributed by atoms with E-state index in [1.165, 1.54) is 37.6 Å². The van der Waals surface area contributed by atoms with Crippen LogP contribution in [0.2, 0.25) is 0 Å². The summed E-state index contributed by atoms with van der Waals surface area (Å²) in [6, 6.07) is 15.0. The van der Waals surface area contributed by atoms with Crippen LogP contribution in [0.3, 0.4) is 0 Å². The predicted molar refractivity (Wildman–Crippen MR) is 130 cm³/mol. The number of benzene rings is 2. The van der Waals surface area contributed by atoms with E-state index in [4.69, 9.17) is 0 Å². The van der Waals surface area contributed by atoms with Crippen molar-refractivity contribution in [3.05, 3.63) is 80.0 Å². The number of rotatable bonds is 10. The topological polar surface area (TPSA) is 60.7 Å². The van der Waals surface area contributed by atoms with Gasteiger partial charge in [-0.15, -0.1) is 11.3 Å². The van der Waals surface area contributed by atoms with E-state index in [0.29, 0.717) is 0 Å². The van der Waals surface area contributed by atoms with Crippen molar-refractivity contribution >= 4 is 11.3 Å². The molecule has 3 N–H and O–H groups in total. The number of hydrogen-bond donors (Lipinski definition) is 3. The third-order valence-electron chi connectivity index (χ3n) is 6.06. The molecule has 3 nitrogen and oxygen atoms in total. The standard InChI is InChI=1S/C27H34O3S/c1-4-24(30)10-6-20-8-12-26(18(2)13-20)27-15-25(31-19(27)3)11-7-21-5-9-22(16-28)23(14-21)17-29/h5,8-9,12-15,24,28-30H,4,6-7,10-11,16-17H2,1-3H3. The minimum Gasteiger partial charge on any atom is -0.393 e. The van der Waals surface area contributed by atoms with E-state index in [0.717, 1.165) is 43.2 Å². The smallest absolute Gasteiger partial charge is 0.0685 e. The average Bonchev–Trinajstić information content (AvgIpc) is 3.15. The summed E-state index contributed by atoms with van der Waals surface area (Å²) in [6.07, 6.45) is 4.19. The van der Waals surface area contributed by atoms with E-state index >= 15 is 0 Å². The average molecular weight is 439 g/mol. The summed E-state index contributed by atoms with van der Waals surface area (Å²) < 4.78 is 0. The lowest BCUT2D eigenvalue weighted by molar-refractivity contribution is 0.160. The second-order valence-corrected chi connectivity index (χ2v) is 9.69. The summed E-state index contributed by atoms with van der Waals surface area (Å²) >= 11 is 1.85. The van der Waals surface area contributed by atoms with Crippen molar-refractivity contribution in [1.82, 2.24) is 0 Å². The Hall–Kier alpha value is -1.98. The van der Waals surface area contributed by atoms with Crippen molar-refractivity contribution in [3.63, 3.8) is 0 Å². The fraction of sp³-hybridized carbons (Fsp3) is 0.407. The maximum atomic E-state index is 9.83. The van der Waals surface area contributed by atoms with Crippen molar-refractivity contribution in [2.45, 2.75) is 72.2 Å². The van der Waals surface area contributed by atoms with Crippen molar-refractivity contribution in [2.75, 3.05) is 0 Å². The lowest BCUT2D eigenvalue weighted by Crippen LogP contribution is -2.05. The third kappa shape index (κ3) is 6.05. The SMILES string of the molecule is CCC(O)CCc1ccc(-c2cc(CCc3ccc(CO)c(CO)c3)sc2C)c(C)c1. The second-order valence-electron chi connectivity index (χ2n) is 8.35. The van der Waals surface area contributed by atoms with E-state index in [-0.39, 0.29) is 19.3 Å². The zero-order chi connectivity index (χ0) is 22.4. The fourth-order valence-corrected chi connectivity index (χ4v) is 5.11. The molecule has 3 rings (SSSR count). The van der Waals surface area contributed by atoms with Crippen LogP contribution in [0.15, 0.2) is 42.5 Å². The Balaban J connectivity index is 1.71. The molecule has 1 aromatic heterocycles. The highest BCUT2D eigenvalue weighted by Crippen LogP contribution is 2.34. The van der Waals surface area contributed by atoms with Crippen LogP contribution in [-0.4, -0.2) is 21.4 Å². The van der Waals surface area contributed by atoms with Crippen molar-refractivity contribution in [2.24, 2.45) is 0 Å². The molecule has 0 aliphatic heterocycles. The van der Waals surface area contributed by atoms with E-state index in [2.05, 4.69) is 38.1 Å². The van der Waals surface area contributed by atoms with Gasteiger partial charge < -0.3 is 15.3 Å². The van der Waals surface area contributed by atoms with Gasteiger partial charge in [-0.3, -0.25) is 0 Å². The van der Waals surface area contributed by atoms with Gasteiger partial charge in [-0.1, -0.05) is 43.3 Å². The van der Waals surface area contributed by atoms with Gasteiger partial charge in [0.15, 0.2) is 0 Å². The highest BCUT2D eigenvalue weighted by molar-refractivity contribution is 7.12. The van der Waals surface area contributed by atoms with Crippen LogP contribution >= 0.6 is 11.3 Å². The molecule has 0 bridgehead atoms. The molecule has 0 fully saturated rings. The number of hydrogen-bond acceptors (Lipinski definition) is 4. The molecule has 0 amide bonds. The van der Waals surface area contributed by atoms with Crippen LogP contribution < -0.4 is 0 Å². The first-order chi connectivity index (χ1) is 14.9. The van der Waals surface area contributed by atoms with Crippen molar-refractivity contribution in [3.8, 4) is 11.1 Å². The summed E-state index contributed by atoms with van der Waals surface area (Å²) in [7, 11) is 0. The molecular formula is C27H34O3S. The molecule has 3 aromatic rings. The van der Waals surface area contributed by atoms with E-state index in [1.54, 1.807) is 0 Å². The summed E-state index contributed by atoms with van der Waals surface area (Å²) in [5.74, 6) is 0. The quantitative estimate of drug-likeness (QED) is 0.391. The summed E-state index contributed by atoms with van der Waals surface area (Å²) in [5.41, 5.74) is 7.95. The Bertz CT molecular complexity index is 1010. The molecule has 0 saturated carbocycles. The van der Waals surface area contributed by atoms with Crippen LogP contribution in [0.4, 0.5) is 0 Å². The van der Waals surface area contributed by atoms with Crippen molar-refractivity contribution < 1.29 is 15.3 Å². The lowest BCUT2D eigenvalue weighted by atomic mass is 9.96. The summed E-state index contributed by atoms with van der Waals surface area (Å²) in [6.45, 7) is 6.30. The van der Waals surface area contributed by atoms with Gasteiger partial charge in [0.2, 0.25) is 0 Å². The highest BCUT2D eigenvalue weighted by Gasteiger charge is 2.12. The number of aliphatic hydroxyl groups excluding tert-OH is 3. The van der Waals surface area contributed by atoms with Gasteiger partial charge in [-0.25, -0.2) is 0 Å². The van der Waals surface area contributed by atoms with E-state index in [1.807, 2.05) is 36.5 Å². The number of aliphatic hydroxyl groups is 3. The predicted octanol–water partition coefficient (Wildman–Crippen LogP) is 5.51. The Morgan fingerprint density at radius 3 is 2.19 bits per heavy atom. The van der Waals surface area contributed by atoms with E-state index in [9.17, 15) is 15.3 Å². The van der Waals surface area contributed by atoms with Gasteiger partial charge in [0.25, 0.3) is 0 Å². The Morgan fingerprint density at radius 2 is 1.52 bits per heavy atom. The summed E-state index contributed by atoms with van der Waals surface area (Å²) in [5, 5.41) is 28.7. The molecule has 0 saturated heterocycles. The van der Waals surface area contributed by atoms with Gasteiger partial charge >= 0.3 is 0 Å². The first-order valence-corrected chi connectivity index (χ1v) is 12.0. The van der Waals surface area contributed by atoms with Crippen LogP contribution in [0.25, 0.3) is 11.1 Å². The van der Waals surface area contributed by atoms with Gasteiger partial charge in [-0.05, 0) is 91.0 Å². The molecule has 0 aliphatic carbocycles. The first-order valence-electron chi connectivity index (χ1n) is 11.1. The van der Waals surface area contributed by atoms with Gasteiger partial charge in [0.05, 0.1) is 19.3 Å². The van der Waals surface area contributed by atoms with Gasteiger partial charge in [0, 0.05) is 9.75 Å². The van der Waals surface area contributed by atoms with E-state index < -0.39 is 0 Å². The zero-order valence-corrected chi connectivity index (χ0v) is 19.6. The molecule has 166 valence electrons. The largest absolute Gasteiger partial charge is 0.393 e. The lowest BCUT2D eigenvalue weighted by Gasteiger charge is -2.11. The monoisotopic (exact) mass is 438 g/mol. The molecule has 0 aliphatic rings. The molecule has 0 radical (unpaired) electrons. The molecule has 2 aromatic carbocycles. The minimum absolute atomic E-state index is 0.0407. The van der Waals surface area contributed by atoms with Crippen LogP contribution in [0, 0.1) is 13.8 Å². The Kier molecular flexibility index (Phi) is 8.44. The normalized spacial score (nSPS) is 12.3. The Morgan fingerprint density at radius 1 is 0.806 bits per heavy atom. The van der Waals surface area contributed by atoms with Gasteiger partial charge in [0.1, 0.15) is 0 Å².